The molecule has 0 fully saturated rings. The molecule has 0 aliphatic heterocycles. The molecule has 3 rings (SSSR count). The Hall–Kier alpha value is -1.98. The number of fused-ring (bicyclic) bond motifs is 1. The Labute approximate surface area is 130 Å². The highest BCUT2D eigenvalue weighted by molar-refractivity contribution is 6.42. The van der Waals surface area contributed by atoms with E-state index in [1.165, 1.54) is 0 Å². The van der Waals surface area contributed by atoms with Gasteiger partial charge >= 0.3 is 5.69 Å². The summed E-state index contributed by atoms with van der Waals surface area (Å²) < 4.78 is 1.61. The molecule has 108 valence electrons. The number of imidazole rings is 1. The van der Waals surface area contributed by atoms with Crippen LogP contribution in [0.2, 0.25) is 10.0 Å². The molecule has 0 atom stereocenters. The second-order valence-corrected chi connectivity index (χ2v) is 5.35. The van der Waals surface area contributed by atoms with Crippen molar-refractivity contribution < 1.29 is 0 Å². The van der Waals surface area contributed by atoms with Gasteiger partial charge in [0.1, 0.15) is 5.82 Å². The minimum absolute atomic E-state index is 0.212. The molecule has 0 bridgehead atoms. The zero-order valence-electron chi connectivity index (χ0n) is 11.2. The Morgan fingerprint density at radius 2 is 2.19 bits per heavy atom. The molecule has 5 nitrogen and oxygen atoms in total. The van der Waals surface area contributed by atoms with Crippen molar-refractivity contribution in [3.8, 4) is 0 Å². The summed E-state index contributed by atoms with van der Waals surface area (Å²) in [5, 5.41) is 3.89. The largest absolute Gasteiger partial charge is 0.373 e. The number of H-pyrrole nitrogens is 1. The number of nitrogens with zero attached hydrogens (tertiary/aromatic N) is 2. The molecular formula is C14H12Cl2N4O. The highest BCUT2D eigenvalue weighted by Gasteiger charge is 2.11. The Bertz CT molecular complexity index is 869. The number of nitrogens with one attached hydrogen (secondary N) is 2. The molecule has 3 aromatic rings. The minimum Gasteiger partial charge on any atom is -0.373 e. The van der Waals surface area contributed by atoms with Gasteiger partial charge in [0.15, 0.2) is 0 Å². The van der Waals surface area contributed by atoms with Crippen LogP contribution in [0.1, 0.15) is 5.56 Å². The van der Waals surface area contributed by atoms with Gasteiger partial charge in [0.05, 0.1) is 33.8 Å². The summed E-state index contributed by atoms with van der Waals surface area (Å²) in [5.41, 5.74) is 2.01. The van der Waals surface area contributed by atoms with Gasteiger partial charge in [0.2, 0.25) is 0 Å². The van der Waals surface area contributed by atoms with Crippen molar-refractivity contribution in [2.45, 2.75) is 6.54 Å². The number of aromatic amines is 1. The van der Waals surface area contributed by atoms with Crippen LogP contribution in [0.3, 0.4) is 0 Å². The van der Waals surface area contributed by atoms with Crippen molar-refractivity contribution in [3.05, 3.63) is 56.6 Å². The fourth-order valence-electron chi connectivity index (χ4n) is 2.19. The van der Waals surface area contributed by atoms with Crippen LogP contribution >= 0.6 is 23.2 Å². The fraction of sp³-hybridized carbons (Fsp3) is 0.143. The fourth-order valence-corrected chi connectivity index (χ4v) is 2.57. The van der Waals surface area contributed by atoms with Gasteiger partial charge in [-0.15, -0.1) is 0 Å². The van der Waals surface area contributed by atoms with E-state index in [4.69, 9.17) is 23.2 Å². The number of hydrogen-bond donors (Lipinski definition) is 2. The summed E-state index contributed by atoms with van der Waals surface area (Å²) in [6, 6.07) is 7.18. The molecule has 2 heterocycles. The van der Waals surface area contributed by atoms with Crippen LogP contribution in [0.5, 0.6) is 0 Å². The number of pyridine rings is 1. The van der Waals surface area contributed by atoms with E-state index in [1.54, 1.807) is 23.9 Å². The molecule has 0 unspecified atom stereocenters. The lowest BCUT2D eigenvalue weighted by molar-refractivity contribution is 0.787. The van der Waals surface area contributed by atoms with E-state index in [0.717, 1.165) is 11.1 Å². The zero-order chi connectivity index (χ0) is 15.0. The van der Waals surface area contributed by atoms with Crippen molar-refractivity contribution in [1.82, 2.24) is 14.5 Å². The monoisotopic (exact) mass is 322 g/mol. The molecule has 2 N–H and O–H groups in total. The van der Waals surface area contributed by atoms with Crippen LogP contribution in [-0.2, 0) is 6.54 Å². The number of halogens is 2. The highest BCUT2D eigenvalue weighted by Crippen LogP contribution is 2.26. The van der Waals surface area contributed by atoms with Crippen molar-refractivity contribution in [3.63, 3.8) is 0 Å². The predicted octanol–water partition coefficient (Wildman–Crippen LogP) is 3.12. The van der Waals surface area contributed by atoms with Crippen LogP contribution in [0.4, 0.5) is 5.82 Å². The molecule has 0 aliphatic rings. The molecule has 7 heteroatoms. The van der Waals surface area contributed by atoms with Crippen molar-refractivity contribution in [2.24, 2.45) is 0 Å². The van der Waals surface area contributed by atoms with E-state index in [-0.39, 0.29) is 5.69 Å². The van der Waals surface area contributed by atoms with E-state index >= 15 is 0 Å². The summed E-state index contributed by atoms with van der Waals surface area (Å²) in [6.07, 6.45) is 1.62. The molecule has 21 heavy (non-hydrogen) atoms. The van der Waals surface area contributed by atoms with Gasteiger partial charge in [-0.05, 0) is 11.6 Å². The van der Waals surface area contributed by atoms with Gasteiger partial charge in [0, 0.05) is 13.1 Å². The van der Waals surface area contributed by atoms with Gasteiger partial charge in [-0.3, -0.25) is 4.57 Å². The van der Waals surface area contributed by atoms with Crippen LogP contribution in [-0.4, -0.2) is 21.6 Å². The first kappa shape index (κ1) is 14.0. The molecule has 0 saturated carbocycles. The molecule has 0 aliphatic carbocycles. The molecule has 1 aromatic carbocycles. The Kier molecular flexibility index (Phi) is 3.61. The summed E-state index contributed by atoms with van der Waals surface area (Å²) in [4.78, 5) is 19.1. The maximum Gasteiger partial charge on any atom is 0.326 e. The van der Waals surface area contributed by atoms with Gasteiger partial charge in [-0.25, -0.2) is 9.78 Å². The first-order chi connectivity index (χ1) is 10.1. The van der Waals surface area contributed by atoms with E-state index in [9.17, 15) is 4.79 Å². The standard InChI is InChI=1S/C14H12Cl2N4O/c1-17-12-5-11-10(6-18-12)19-14(21)20(11)7-8-3-2-4-9(15)13(8)16/h2-6H,7H2,1H3,(H,17,18)(H,19,21). The van der Waals surface area contributed by atoms with E-state index in [2.05, 4.69) is 15.3 Å². The molecule has 0 amide bonds. The number of anilines is 1. The number of hydrogen-bond acceptors (Lipinski definition) is 3. The van der Waals surface area contributed by atoms with Crippen molar-refractivity contribution in [2.75, 3.05) is 12.4 Å². The Balaban J connectivity index is 2.13. The summed E-state index contributed by atoms with van der Waals surface area (Å²) >= 11 is 12.2. The SMILES string of the molecule is CNc1cc2c(cn1)[nH]c(=O)n2Cc1cccc(Cl)c1Cl. The average molecular weight is 323 g/mol. The maximum absolute atomic E-state index is 12.1. The van der Waals surface area contributed by atoms with E-state index in [1.807, 2.05) is 18.2 Å². The Morgan fingerprint density at radius 1 is 1.38 bits per heavy atom. The van der Waals surface area contributed by atoms with Crippen molar-refractivity contribution in [1.29, 1.82) is 0 Å². The minimum atomic E-state index is -0.212. The normalized spacial score (nSPS) is 11.0. The third kappa shape index (κ3) is 2.50. The quantitative estimate of drug-likeness (QED) is 0.778. The lowest BCUT2D eigenvalue weighted by Gasteiger charge is -2.07. The second kappa shape index (κ2) is 5.42. The number of benzene rings is 1. The maximum atomic E-state index is 12.1. The summed E-state index contributed by atoms with van der Waals surface area (Å²) in [6.45, 7) is 0.339. The van der Waals surface area contributed by atoms with Crippen LogP contribution in [0.15, 0.2) is 35.3 Å². The van der Waals surface area contributed by atoms with Gasteiger partial charge in [0.25, 0.3) is 0 Å². The van der Waals surface area contributed by atoms with Crippen LogP contribution in [0.25, 0.3) is 11.0 Å². The van der Waals surface area contributed by atoms with Crippen LogP contribution in [0, 0.1) is 0 Å². The predicted molar refractivity (Wildman–Crippen MR) is 85.5 cm³/mol. The van der Waals surface area contributed by atoms with Crippen molar-refractivity contribution >= 4 is 40.1 Å². The van der Waals surface area contributed by atoms with E-state index < -0.39 is 0 Å². The highest BCUT2D eigenvalue weighted by atomic mass is 35.5. The van der Waals surface area contributed by atoms with Gasteiger partial charge in [-0.1, -0.05) is 35.3 Å². The zero-order valence-corrected chi connectivity index (χ0v) is 12.7. The molecule has 0 radical (unpaired) electrons. The molecule has 0 saturated heterocycles. The summed E-state index contributed by atoms with van der Waals surface area (Å²) in [7, 11) is 1.77. The van der Waals surface area contributed by atoms with Gasteiger partial charge < -0.3 is 10.3 Å². The van der Waals surface area contributed by atoms with Gasteiger partial charge in [-0.2, -0.15) is 0 Å². The molecular weight excluding hydrogens is 311 g/mol. The average Bonchev–Trinajstić information content (AvgIpc) is 2.79. The van der Waals surface area contributed by atoms with Crippen LogP contribution < -0.4 is 11.0 Å². The lowest BCUT2D eigenvalue weighted by Crippen LogP contribution is -2.17. The second-order valence-electron chi connectivity index (χ2n) is 4.57. The first-order valence-electron chi connectivity index (χ1n) is 6.29. The third-order valence-corrected chi connectivity index (χ3v) is 4.13. The third-order valence-electron chi connectivity index (χ3n) is 3.28. The topological polar surface area (TPSA) is 62.7 Å². The molecule has 2 aromatic heterocycles. The van der Waals surface area contributed by atoms with E-state index in [0.29, 0.717) is 27.9 Å². The number of aromatic nitrogens is 3. The Morgan fingerprint density at radius 3 is 2.95 bits per heavy atom. The summed E-state index contributed by atoms with van der Waals surface area (Å²) in [5.74, 6) is 0.687. The lowest BCUT2D eigenvalue weighted by atomic mass is 10.2. The first-order valence-corrected chi connectivity index (χ1v) is 7.05. The molecule has 0 spiro atoms. The smallest absolute Gasteiger partial charge is 0.326 e. The number of rotatable bonds is 3.